The molecule has 1 fully saturated rings. The number of pyridine rings is 1. The van der Waals surface area contributed by atoms with Crippen LogP contribution in [0.2, 0.25) is 0 Å². The molecule has 2 aliphatic rings. The number of carbonyl (C=O) groups excluding carboxylic acids is 1. The zero-order chi connectivity index (χ0) is 25.0. The summed E-state index contributed by atoms with van der Waals surface area (Å²) in [5, 5.41) is 6.04. The van der Waals surface area contributed by atoms with Gasteiger partial charge in [-0.1, -0.05) is 0 Å². The Bertz CT molecular complexity index is 1450. The molecule has 1 aliphatic carbocycles. The second-order valence-corrected chi connectivity index (χ2v) is 11.3. The minimum absolute atomic E-state index is 0.206. The summed E-state index contributed by atoms with van der Waals surface area (Å²) < 4.78 is 7.78. The summed E-state index contributed by atoms with van der Waals surface area (Å²) in [6.45, 7) is 7.18. The number of aromatic amines is 1. The predicted octanol–water partition coefficient (Wildman–Crippen LogP) is 6.40. The van der Waals surface area contributed by atoms with Gasteiger partial charge in [0.25, 0.3) is 0 Å². The third-order valence-corrected chi connectivity index (χ3v) is 7.59. The van der Waals surface area contributed by atoms with Crippen LogP contribution in [-0.4, -0.2) is 44.2 Å². The first-order valence-corrected chi connectivity index (χ1v) is 13.1. The average Bonchev–Trinajstić information content (AvgIpc) is 3.51. The summed E-state index contributed by atoms with van der Waals surface area (Å²) >= 11 is 0. The number of aromatic nitrogens is 3. The normalized spacial score (nSPS) is 16.6. The van der Waals surface area contributed by atoms with Crippen molar-refractivity contribution in [2.24, 2.45) is 7.05 Å². The quantitative estimate of drug-likeness (QED) is 0.352. The molecular formula is C29H35N5O2. The highest BCUT2D eigenvalue weighted by Crippen LogP contribution is 2.36. The number of ether oxygens (including phenoxy) is 1. The molecule has 0 spiro atoms. The summed E-state index contributed by atoms with van der Waals surface area (Å²) in [7, 11) is 2.11. The van der Waals surface area contributed by atoms with Gasteiger partial charge in [0.1, 0.15) is 17.1 Å². The van der Waals surface area contributed by atoms with Gasteiger partial charge >= 0.3 is 6.09 Å². The van der Waals surface area contributed by atoms with Crippen LogP contribution < -0.4 is 5.32 Å². The van der Waals surface area contributed by atoms with Crippen LogP contribution in [0.15, 0.2) is 36.5 Å². The van der Waals surface area contributed by atoms with Crippen molar-refractivity contribution in [2.45, 2.75) is 64.4 Å². The van der Waals surface area contributed by atoms with Gasteiger partial charge in [-0.05, 0) is 100 Å². The first-order chi connectivity index (χ1) is 17.2. The molecule has 1 aromatic carbocycles. The lowest BCUT2D eigenvalue weighted by atomic mass is 9.89. The summed E-state index contributed by atoms with van der Waals surface area (Å²) in [5.74, 6) is 1.27. The number of carbonyl (C=O) groups is 1. The van der Waals surface area contributed by atoms with Crippen LogP contribution in [0.3, 0.4) is 0 Å². The van der Waals surface area contributed by atoms with E-state index in [-0.39, 0.29) is 6.09 Å². The van der Waals surface area contributed by atoms with Crippen molar-refractivity contribution in [3.8, 4) is 0 Å². The van der Waals surface area contributed by atoms with E-state index in [0.717, 1.165) is 55.9 Å². The van der Waals surface area contributed by atoms with E-state index in [1.54, 1.807) is 0 Å². The van der Waals surface area contributed by atoms with E-state index >= 15 is 0 Å². The van der Waals surface area contributed by atoms with Crippen molar-refractivity contribution < 1.29 is 9.53 Å². The van der Waals surface area contributed by atoms with E-state index in [2.05, 4.69) is 58.4 Å². The summed E-state index contributed by atoms with van der Waals surface area (Å²) in [5.41, 5.74) is 6.90. The minimum atomic E-state index is -0.465. The Kier molecular flexibility index (Phi) is 5.47. The molecule has 7 heteroatoms. The van der Waals surface area contributed by atoms with Gasteiger partial charge in [0, 0.05) is 54.0 Å². The van der Waals surface area contributed by atoms with E-state index < -0.39 is 5.60 Å². The Morgan fingerprint density at radius 3 is 2.69 bits per heavy atom. The molecular weight excluding hydrogens is 450 g/mol. The maximum absolute atomic E-state index is 12.5. The molecule has 0 saturated carbocycles. The van der Waals surface area contributed by atoms with Gasteiger partial charge in [0.15, 0.2) is 0 Å². The largest absolute Gasteiger partial charge is 0.444 e. The number of nitrogens with zero attached hydrogens (tertiary/aromatic N) is 3. The van der Waals surface area contributed by atoms with Crippen molar-refractivity contribution in [1.82, 2.24) is 19.4 Å². The lowest BCUT2D eigenvalue weighted by molar-refractivity contribution is 0.0205. The molecule has 1 aliphatic heterocycles. The number of likely N-dealkylation sites (tertiary alicyclic amines) is 1. The Balaban J connectivity index is 1.21. The minimum Gasteiger partial charge on any atom is -0.444 e. The lowest BCUT2D eigenvalue weighted by Gasteiger charge is -2.33. The molecule has 7 nitrogen and oxygen atoms in total. The fourth-order valence-corrected chi connectivity index (χ4v) is 5.86. The molecule has 1 amide bonds. The number of fused-ring (bicyclic) bond motifs is 4. The number of nitrogens with one attached hydrogen (secondary N) is 2. The number of anilines is 2. The summed E-state index contributed by atoms with van der Waals surface area (Å²) in [6, 6.07) is 10.8. The first kappa shape index (κ1) is 23.0. The molecule has 0 unspecified atom stereocenters. The van der Waals surface area contributed by atoms with E-state index in [4.69, 9.17) is 9.72 Å². The zero-order valence-corrected chi connectivity index (χ0v) is 21.6. The summed E-state index contributed by atoms with van der Waals surface area (Å²) in [6.07, 6.45) is 7.43. The number of hydrogen-bond acceptors (Lipinski definition) is 4. The molecule has 0 atom stereocenters. The predicted molar refractivity (Wildman–Crippen MR) is 144 cm³/mol. The Labute approximate surface area is 211 Å². The second kappa shape index (κ2) is 8.57. The molecule has 1 saturated heterocycles. The zero-order valence-electron chi connectivity index (χ0n) is 21.6. The number of rotatable bonds is 3. The number of aryl methyl sites for hydroxylation is 3. The van der Waals surface area contributed by atoms with Gasteiger partial charge in [-0.15, -0.1) is 0 Å². The Morgan fingerprint density at radius 2 is 1.92 bits per heavy atom. The van der Waals surface area contributed by atoms with Crippen molar-refractivity contribution in [3.05, 3.63) is 53.3 Å². The summed E-state index contributed by atoms with van der Waals surface area (Å²) in [4.78, 5) is 22.7. The van der Waals surface area contributed by atoms with Crippen molar-refractivity contribution in [2.75, 3.05) is 18.4 Å². The standard InChI is InChI=1S/C29H35N5O2/c1-29(2,3)36-28(35)34-14-12-18(13-15-34)23-17-33(4)25-10-8-19(16-22(23)25)30-26-11-9-21-20-6-5-7-24(20)31-27(21)32-26/h8-11,16-18H,5-7,12-15H2,1-4H3,(H2,30,31,32). The highest BCUT2D eigenvalue weighted by atomic mass is 16.6. The van der Waals surface area contributed by atoms with Crippen molar-refractivity contribution >= 4 is 39.5 Å². The number of benzene rings is 1. The third-order valence-electron chi connectivity index (χ3n) is 7.59. The van der Waals surface area contributed by atoms with Gasteiger partial charge in [-0.3, -0.25) is 0 Å². The first-order valence-electron chi connectivity index (χ1n) is 13.1. The van der Waals surface area contributed by atoms with E-state index in [9.17, 15) is 4.79 Å². The average molecular weight is 486 g/mol. The monoisotopic (exact) mass is 485 g/mol. The fraction of sp³-hybridized carbons (Fsp3) is 0.448. The Morgan fingerprint density at radius 1 is 1.11 bits per heavy atom. The van der Waals surface area contributed by atoms with Crippen LogP contribution in [0, 0.1) is 0 Å². The Hall–Kier alpha value is -3.48. The van der Waals surface area contributed by atoms with Gasteiger partial charge < -0.3 is 24.5 Å². The van der Waals surface area contributed by atoms with Gasteiger partial charge in [-0.2, -0.15) is 0 Å². The van der Waals surface area contributed by atoms with Gasteiger partial charge in [-0.25, -0.2) is 9.78 Å². The molecule has 3 aromatic heterocycles. The molecule has 0 radical (unpaired) electrons. The maximum Gasteiger partial charge on any atom is 0.410 e. The van der Waals surface area contributed by atoms with Crippen LogP contribution in [0.5, 0.6) is 0 Å². The van der Waals surface area contributed by atoms with Gasteiger partial charge in [0.2, 0.25) is 0 Å². The van der Waals surface area contributed by atoms with Crippen LogP contribution in [0.1, 0.15) is 62.8 Å². The lowest BCUT2D eigenvalue weighted by Crippen LogP contribution is -2.41. The molecule has 2 N–H and O–H groups in total. The van der Waals surface area contributed by atoms with E-state index in [1.165, 1.54) is 39.5 Å². The van der Waals surface area contributed by atoms with E-state index in [0.29, 0.717) is 5.92 Å². The number of H-pyrrole nitrogens is 1. The van der Waals surface area contributed by atoms with Crippen LogP contribution >= 0.6 is 0 Å². The highest BCUT2D eigenvalue weighted by Gasteiger charge is 2.29. The molecule has 4 aromatic rings. The van der Waals surface area contributed by atoms with Gasteiger partial charge in [0.05, 0.1) is 0 Å². The fourth-order valence-electron chi connectivity index (χ4n) is 5.86. The smallest absolute Gasteiger partial charge is 0.410 e. The number of hydrogen-bond donors (Lipinski definition) is 2. The highest BCUT2D eigenvalue weighted by molar-refractivity contribution is 5.89. The molecule has 0 bridgehead atoms. The molecule has 36 heavy (non-hydrogen) atoms. The SMILES string of the molecule is Cn1cc(C2CCN(C(=O)OC(C)(C)C)CC2)c2cc(Nc3ccc4c5c([nH]c4n3)CCC5)ccc21. The molecule has 4 heterocycles. The molecule has 6 rings (SSSR count). The molecule has 188 valence electrons. The number of amides is 1. The van der Waals surface area contributed by atoms with Crippen LogP contribution in [0.25, 0.3) is 21.9 Å². The van der Waals surface area contributed by atoms with Crippen LogP contribution in [-0.2, 0) is 24.6 Å². The topological polar surface area (TPSA) is 75.2 Å². The third kappa shape index (κ3) is 4.21. The second-order valence-electron chi connectivity index (χ2n) is 11.3. The van der Waals surface area contributed by atoms with E-state index in [1.807, 2.05) is 25.7 Å². The number of piperidine rings is 1. The van der Waals surface area contributed by atoms with Crippen LogP contribution in [0.4, 0.5) is 16.3 Å². The van der Waals surface area contributed by atoms with Crippen molar-refractivity contribution in [1.29, 1.82) is 0 Å². The maximum atomic E-state index is 12.5. The van der Waals surface area contributed by atoms with Crippen molar-refractivity contribution in [3.63, 3.8) is 0 Å².